The summed E-state index contributed by atoms with van der Waals surface area (Å²) in [5, 5.41) is 6.03. The van der Waals surface area contributed by atoms with Crippen LogP contribution in [0.3, 0.4) is 0 Å². The van der Waals surface area contributed by atoms with Gasteiger partial charge in [0.1, 0.15) is 11.6 Å². The van der Waals surface area contributed by atoms with E-state index in [9.17, 15) is 13.6 Å². The van der Waals surface area contributed by atoms with Crippen LogP contribution < -0.4 is 0 Å². The molecule has 2 aromatic rings. The largest absolute Gasteiger partial charge is 0.375 e. The molecular weight excluding hydrogens is 412 g/mol. The minimum atomic E-state index is -0.726. The van der Waals surface area contributed by atoms with Crippen LogP contribution in [0.25, 0.3) is 0 Å². The average molecular weight is 440 g/mol. The van der Waals surface area contributed by atoms with E-state index in [1.807, 2.05) is 30.3 Å². The van der Waals surface area contributed by atoms with E-state index >= 15 is 0 Å². The second-order valence-corrected chi connectivity index (χ2v) is 9.02. The van der Waals surface area contributed by atoms with Crippen LogP contribution in [0.5, 0.6) is 0 Å². The molecule has 0 N–H and O–H groups in total. The lowest BCUT2D eigenvalue weighted by molar-refractivity contribution is -0.135. The molecule has 3 heterocycles. The number of rotatable bonds is 6. The van der Waals surface area contributed by atoms with Crippen molar-refractivity contribution in [1.29, 1.82) is 0 Å². The predicted molar refractivity (Wildman–Crippen MR) is 117 cm³/mol. The molecule has 1 amide bonds. The van der Waals surface area contributed by atoms with E-state index < -0.39 is 17.2 Å². The van der Waals surface area contributed by atoms with Crippen LogP contribution in [0.4, 0.5) is 8.78 Å². The van der Waals surface area contributed by atoms with Crippen molar-refractivity contribution in [3.05, 3.63) is 71.3 Å². The number of likely N-dealkylation sites (tertiary alicyclic amines) is 1. The number of fused-ring (bicyclic) bond motifs is 2. The molecule has 0 aliphatic carbocycles. The smallest absolute Gasteiger partial charge is 0.240 e. The number of carbonyl (C=O) groups excluding carboxylic acids is 1. The summed E-state index contributed by atoms with van der Waals surface area (Å²) in [6.07, 6.45) is 3.31. The van der Waals surface area contributed by atoms with Crippen molar-refractivity contribution >= 4 is 11.6 Å². The van der Waals surface area contributed by atoms with Gasteiger partial charge in [0.2, 0.25) is 5.91 Å². The SMILES string of the molecule is CC(=O)N1N=C(c2cc(F)ccc2F)C[C@@]1(CCCN1C[C@H]2C[C@@H]1CO2)c1ccccc1. The van der Waals surface area contributed by atoms with Gasteiger partial charge in [0.05, 0.1) is 24.0 Å². The first-order chi connectivity index (χ1) is 15.5. The Bertz CT molecular complexity index is 1040. The monoisotopic (exact) mass is 439 g/mol. The van der Waals surface area contributed by atoms with Crippen LogP contribution in [0.1, 0.15) is 43.7 Å². The maximum Gasteiger partial charge on any atom is 0.240 e. The Morgan fingerprint density at radius 2 is 2.03 bits per heavy atom. The van der Waals surface area contributed by atoms with Crippen LogP contribution in [0.15, 0.2) is 53.6 Å². The van der Waals surface area contributed by atoms with Gasteiger partial charge in [-0.3, -0.25) is 9.69 Å². The fourth-order valence-corrected chi connectivity index (χ4v) is 5.48. The van der Waals surface area contributed by atoms with Gasteiger partial charge in [0.25, 0.3) is 0 Å². The van der Waals surface area contributed by atoms with Crippen LogP contribution in [-0.2, 0) is 15.1 Å². The third kappa shape index (κ3) is 3.73. The number of halogens is 2. The first-order valence-electron chi connectivity index (χ1n) is 11.2. The number of amides is 1. The molecule has 5 nitrogen and oxygen atoms in total. The molecule has 32 heavy (non-hydrogen) atoms. The lowest BCUT2D eigenvalue weighted by atomic mass is 9.80. The zero-order valence-corrected chi connectivity index (χ0v) is 18.1. The molecule has 0 spiro atoms. The molecule has 0 aromatic heterocycles. The Balaban J connectivity index is 1.45. The molecule has 2 bridgehead atoms. The Morgan fingerprint density at radius 1 is 1.22 bits per heavy atom. The van der Waals surface area contributed by atoms with E-state index in [1.54, 1.807) is 0 Å². The Labute approximate surface area is 186 Å². The third-order valence-electron chi connectivity index (χ3n) is 6.98. The van der Waals surface area contributed by atoms with Crippen LogP contribution >= 0.6 is 0 Å². The van der Waals surface area contributed by atoms with Gasteiger partial charge in [-0.25, -0.2) is 13.8 Å². The van der Waals surface area contributed by atoms with Gasteiger partial charge in [-0.1, -0.05) is 30.3 Å². The molecule has 0 radical (unpaired) electrons. The van der Waals surface area contributed by atoms with Gasteiger partial charge in [-0.05, 0) is 49.6 Å². The molecule has 7 heteroatoms. The van der Waals surface area contributed by atoms with Gasteiger partial charge in [-0.2, -0.15) is 5.10 Å². The second-order valence-electron chi connectivity index (χ2n) is 9.02. The summed E-state index contributed by atoms with van der Waals surface area (Å²) in [4.78, 5) is 15.2. The maximum atomic E-state index is 14.6. The molecule has 2 aromatic carbocycles. The Hall–Kier alpha value is -2.64. The van der Waals surface area contributed by atoms with Crippen molar-refractivity contribution in [3.63, 3.8) is 0 Å². The van der Waals surface area contributed by atoms with E-state index in [-0.39, 0.29) is 11.5 Å². The van der Waals surface area contributed by atoms with Gasteiger partial charge in [-0.15, -0.1) is 0 Å². The molecule has 0 saturated carbocycles. The summed E-state index contributed by atoms with van der Waals surface area (Å²) >= 11 is 0. The van der Waals surface area contributed by atoms with Crippen molar-refractivity contribution in [2.45, 2.75) is 50.3 Å². The first kappa shape index (κ1) is 21.2. The third-order valence-corrected chi connectivity index (χ3v) is 6.98. The number of morpholine rings is 1. The van der Waals surface area contributed by atoms with Crippen LogP contribution in [0.2, 0.25) is 0 Å². The van der Waals surface area contributed by atoms with E-state index in [0.29, 0.717) is 30.7 Å². The zero-order valence-electron chi connectivity index (χ0n) is 18.1. The maximum absolute atomic E-state index is 14.6. The standard InChI is InChI=1S/C25H27F2N3O2/c1-17(31)30-25(18-6-3-2-4-7-18,10-5-11-29-15-21-13-20(29)16-32-21)14-24(28-30)22-12-19(26)8-9-23(22)27/h2-4,6-9,12,20-21H,5,10-11,13-16H2,1H3/t20-,21-,25+/m1/s1. The van der Waals surface area contributed by atoms with Crippen LogP contribution in [0, 0.1) is 11.6 Å². The number of benzene rings is 2. The van der Waals surface area contributed by atoms with Gasteiger partial charge < -0.3 is 4.74 Å². The Morgan fingerprint density at radius 3 is 2.72 bits per heavy atom. The van der Waals surface area contributed by atoms with E-state index in [1.165, 1.54) is 11.9 Å². The summed E-state index contributed by atoms with van der Waals surface area (Å²) in [7, 11) is 0. The first-order valence-corrected chi connectivity index (χ1v) is 11.2. The van der Waals surface area contributed by atoms with E-state index in [4.69, 9.17) is 4.74 Å². The molecule has 5 rings (SSSR count). The Kier molecular flexibility index (Phi) is 5.55. The quantitative estimate of drug-likeness (QED) is 0.682. The average Bonchev–Trinajstić information content (AvgIpc) is 3.51. The summed E-state index contributed by atoms with van der Waals surface area (Å²) in [6.45, 7) is 4.13. The number of hydrazone groups is 1. The highest BCUT2D eigenvalue weighted by atomic mass is 19.1. The highest BCUT2D eigenvalue weighted by Crippen LogP contribution is 2.43. The summed E-state index contributed by atoms with van der Waals surface area (Å²) < 4.78 is 34.2. The number of ether oxygens (including phenoxy) is 1. The summed E-state index contributed by atoms with van der Waals surface area (Å²) in [5.41, 5.74) is 0.742. The second kappa shape index (κ2) is 8.37. The normalized spacial score (nSPS) is 27.2. The van der Waals surface area contributed by atoms with E-state index in [0.717, 1.165) is 56.3 Å². The van der Waals surface area contributed by atoms with E-state index in [2.05, 4.69) is 10.0 Å². The number of hydrogen-bond acceptors (Lipinski definition) is 4. The molecular formula is C25H27F2N3O2. The van der Waals surface area contributed by atoms with Crippen LogP contribution in [-0.4, -0.2) is 53.4 Å². The van der Waals surface area contributed by atoms with Crippen molar-refractivity contribution in [2.75, 3.05) is 19.7 Å². The fourth-order valence-electron chi connectivity index (χ4n) is 5.48. The zero-order chi connectivity index (χ0) is 22.3. The number of nitrogens with zero attached hydrogens (tertiary/aromatic N) is 3. The number of carbonyl (C=O) groups is 1. The minimum Gasteiger partial charge on any atom is -0.375 e. The minimum absolute atomic E-state index is 0.114. The molecule has 3 aliphatic heterocycles. The van der Waals surface area contributed by atoms with Gasteiger partial charge in [0, 0.05) is 31.5 Å². The summed E-state index contributed by atoms with van der Waals surface area (Å²) in [5.74, 6) is -1.28. The number of hydrogen-bond donors (Lipinski definition) is 0. The predicted octanol–water partition coefficient (Wildman–Crippen LogP) is 4.07. The highest BCUT2D eigenvalue weighted by Gasteiger charge is 2.47. The lowest BCUT2D eigenvalue weighted by Gasteiger charge is -2.37. The van der Waals surface area contributed by atoms with Crippen molar-refractivity contribution in [1.82, 2.24) is 9.91 Å². The van der Waals surface area contributed by atoms with Gasteiger partial charge in [0.15, 0.2) is 0 Å². The molecule has 168 valence electrons. The molecule has 2 fully saturated rings. The molecule has 3 aliphatic rings. The molecule has 2 saturated heterocycles. The van der Waals surface area contributed by atoms with Gasteiger partial charge >= 0.3 is 0 Å². The topological polar surface area (TPSA) is 45.1 Å². The van der Waals surface area contributed by atoms with Crippen molar-refractivity contribution in [2.24, 2.45) is 5.10 Å². The molecule has 0 unspecified atom stereocenters. The lowest BCUT2D eigenvalue weighted by Crippen LogP contribution is -2.44. The highest BCUT2D eigenvalue weighted by molar-refractivity contribution is 6.03. The van der Waals surface area contributed by atoms with Crippen molar-refractivity contribution < 1.29 is 18.3 Å². The summed E-state index contributed by atoms with van der Waals surface area (Å²) in [6, 6.07) is 13.6. The molecule has 3 atom stereocenters. The van der Waals surface area contributed by atoms with Crippen molar-refractivity contribution in [3.8, 4) is 0 Å². The fraction of sp³-hybridized carbons (Fsp3) is 0.440.